The van der Waals surface area contributed by atoms with Crippen LogP contribution in [0, 0.1) is 10.1 Å². The van der Waals surface area contributed by atoms with E-state index >= 15 is 0 Å². The summed E-state index contributed by atoms with van der Waals surface area (Å²) in [5.74, 6) is 1.61. The number of amides is 1. The second-order valence-electron chi connectivity index (χ2n) is 6.56. The van der Waals surface area contributed by atoms with Crippen LogP contribution in [0.25, 0.3) is 17.4 Å². The van der Waals surface area contributed by atoms with Crippen molar-refractivity contribution in [2.45, 2.75) is 0 Å². The van der Waals surface area contributed by atoms with Gasteiger partial charge in [0.1, 0.15) is 23.0 Å². The summed E-state index contributed by atoms with van der Waals surface area (Å²) in [5.41, 5.74) is 1.04. The fourth-order valence-electron chi connectivity index (χ4n) is 3.13. The molecule has 0 saturated carbocycles. The molecule has 0 atom stereocenters. The van der Waals surface area contributed by atoms with Crippen LogP contribution < -0.4 is 14.4 Å². The number of non-ortho nitro benzene ring substituents is 1. The normalized spacial score (nSPS) is 14.8. The van der Waals surface area contributed by atoms with Crippen molar-refractivity contribution in [1.82, 2.24) is 0 Å². The van der Waals surface area contributed by atoms with Crippen LogP contribution in [-0.4, -0.2) is 29.4 Å². The van der Waals surface area contributed by atoms with E-state index in [0.717, 1.165) is 11.8 Å². The van der Waals surface area contributed by atoms with E-state index < -0.39 is 4.92 Å². The van der Waals surface area contributed by atoms with E-state index in [1.165, 1.54) is 24.1 Å². The number of nitrogens with zero attached hydrogens (tertiary/aromatic N) is 2. The summed E-state index contributed by atoms with van der Waals surface area (Å²) in [6, 6.07) is 14.6. The van der Waals surface area contributed by atoms with Crippen molar-refractivity contribution in [2.75, 3.05) is 19.1 Å². The molecule has 0 radical (unpaired) electrons. The molecule has 32 heavy (non-hydrogen) atoms. The Hall–Kier alpha value is -3.63. The zero-order chi connectivity index (χ0) is 22.8. The Balaban J connectivity index is 1.62. The summed E-state index contributed by atoms with van der Waals surface area (Å²) in [7, 11) is 3.05. The van der Waals surface area contributed by atoms with Gasteiger partial charge in [0, 0.05) is 29.8 Å². The lowest BCUT2D eigenvalue weighted by Crippen LogP contribution is -2.27. The van der Waals surface area contributed by atoms with Crippen LogP contribution in [0.5, 0.6) is 11.5 Å². The van der Waals surface area contributed by atoms with E-state index in [9.17, 15) is 14.9 Å². The Morgan fingerprint density at radius 2 is 1.94 bits per heavy atom. The summed E-state index contributed by atoms with van der Waals surface area (Å²) < 4.78 is 16.8. The van der Waals surface area contributed by atoms with Crippen LogP contribution in [0.2, 0.25) is 0 Å². The lowest BCUT2D eigenvalue weighted by molar-refractivity contribution is -0.384. The molecule has 1 fully saturated rings. The monoisotopic (exact) mass is 468 g/mol. The highest BCUT2D eigenvalue weighted by Gasteiger charge is 2.35. The molecule has 1 aliphatic rings. The average molecular weight is 469 g/mol. The van der Waals surface area contributed by atoms with Crippen molar-refractivity contribution in [2.24, 2.45) is 0 Å². The number of methoxy groups -OCH3 is 2. The molecule has 2 heterocycles. The summed E-state index contributed by atoms with van der Waals surface area (Å²) >= 11 is 6.57. The van der Waals surface area contributed by atoms with Gasteiger partial charge in [0.25, 0.3) is 11.6 Å². The minimum absolute atomic E-state index is 0.0326. The molecule has 1 saturated heterocycles. The topological polar surface area (TPSA) is 95.0 Å². The summed E-state index contributed by atoms with van der Waals surface area (Å²) in [6.45, 7) is 0. The van der Waals surface area contributed by atoms with Crippen molar-refractivity contribution in [3.8, 4) is 22.8 Å². The smallest absolute Gasteiger partial charge is 0.271 e. The van der Waals surface area contributed by atoms with Gasteiger partial charge in [0.15, 0.2) is 4.32 Å². The Morgan fingerprint density at radius 1 is 1.12 bits per heavy atom. The predicted molar refractivity (Wildman–Crippen MR) is 126 cm³/mol. The number of carbonyl (C=O) groups excluding carboxylic acids is 1. The second kappa shape index (κ2) is 8.85. The lowest BCUT2D eigenvalue weighted by Gasteiger charge is -2.18. The van der Waals surface area contributed by atoms with Crippen LogP contribution in [-0.2, 0) is 4.79 Å². The highest BCUT2D eigenvalue weighted by molar-refractivity contribution is 8.27. The highest BCUT2D eigenvalue weighted by atomic mass is 32.2. The Morgan fingerprint density at radius 3 is 2.66 bits per heavy atom. The molecule has 0 aliphatic carbocycles. The highest BCUT2D eigenvalue weighted by Crippen LogP contribution is 2.41. The minimum Gasteiger partial charge on any atom is -0.497 e. The largest absolute Gasteiger partial charge is 0.497 e. The zero-order valence-corrected chi connectivity index (χ0v) is 18.6. The zero-order valence-electron chi connectivity index (χ0n) is 16.9. The number of nitro groups is 1. The Bertz CT molecular complexity index is 1270. The molecule has 0 N–H and O–H groups in total. The number of ether oxygens (including phenoxy) is 2. The number of benzene rings is 2. The third-order valence-corrected chi connectivity index (χ3v) is 5.97. The molecule has 1 aromatic heterocycles. The van der Waals surface area contributed by atoms with Crippen LogP contribution in [0.4, 0.5) is 11.4 Å². The fraction of sp³-hybridized carbons (Fsp3) is 0.0909. The van der Waals surface area contributed by atoms with Crippen molar-refractivity contribution >= 4 is 51.7 Å². The van der Waals surface area contributed by atoms with Gasteiger partial charge < -0.3 is 13.9 Å². The number of thiocarbonyl (C=S) groups is 1. The average Bonchev–Trinajstić information content (AvgIpc) is 3.37. The Labute approximate surface area is 192 Å². The van der Waals surface area contributed by atoms with E-state index in [-0.39, 0.29) is 11.6 Å². The van der Waals surface area contributed by atoms with E-state index in [0.29, 0.717) is 43.5 Å². The van der Waals surface area contributed by atoms with Crippen LogP contribution >= 0.6 is 24.0 Å². The maximum Gasteiger partial charge on any atom is 0.271 e. The van der Waals surface area contributed by atoms with Gasteiger partial charge in [-0.3, -0.25) is 19.8 Å². The number of thioether (sulfide) groups is 1. The van der Waals surface area contributed by atoms with Crippen LogP contribution in [0.3, 0.4) is 0 Å². The molecule has 4 rings (SSSR count). The molecular formula is C22H16N2O6S2. The van der Waals surface area contributed by atoms with Gasteiger partial charge >= 0.3 is 0 Å². The van der Waals surface area contributed by atoms with Gasteiger partial charge in [-0.25, -0.2) is 0 Å². The molecule has 162 valence electrons. The first-order valence-electron chi connectivity index (χ1n) is 9.26. The minimum atomic E-state index is -0.466. The second-order valence-corrected chi connectivity index (χ2v) is 8.24. The number of hydrogen-bond acceptors (Lipinski definition) is 8. The maximum absolute atomic E-state index is 13.1. The Kier molecular flexibility index (Phi) is 5.97. The van der Waals surface area contributed by atoms with Gasteiger partial charge in [0.05, 0.1) is 29.7 Å². The first-order chi connectivity index (χ1) is 15.4. The van der Waals surface area contributed by atoms with Gasteiger partial charge in [-0.2, -0.15) is 0 Å². The summed E-state index contributed by atoms with van der Waals surface area (Å²) in [6.07, 6.45) is 1.59. The van der Waals surface area contributed by atoms with Crippen molar-refractivity contribution in [3.63, 3.8) is 0 Å². The van der Waals surface area contributed by atoms with E-state index in [2.05, 4.69) is 0 Å². The number of hydrogen-bond donors (Lipinski definition) is 0. The third kappa shape index (κ3) is 4.10. The summed E-state index contributed by atoms with van der Waals surface area (Å²) in [5, 5.41) is 11.0. The van der Waals surface area contributed by atoms with Crippen molar-refractivity contribution < 1.29 is 23.6 Å². The van der Waals surface area contributed by atoms with E-state index in [4.69, 9.17) is 26.1 Å². The molecule has 0 bridgehead atoms. The van der Waals surface area contributed by atoms with Crippen LogP contribution in [0.15, 0.2) is 63.9 Å². The molecule has 0 spiro atoms. The predicted octanol–water partition coefficient (Wildman–Crippen LogP) is 5.28. The number of carbonyl (C=O) groups is 1. The number of nitro benzene ring substituents is 1. The van der Waals surface area contributed by atoms with Gasteiger partial charge in [-0.15, -0.1) is 0 Å². The SMILES string of the molecule is COc1ccc(N2C(=O)C(=Cc3ccc(-c4cccc([N+](=O)[O-])c4)o3)SC2=S)c(OC)c1. The lowest BCUT2D eigenvalue weighted by atomic mass is 10.1. The molecule has 1 aliphatic heterocycles. The van der Waals surface area contributed by atoms with Crippen molar-refractivity contribution in [3.05, 3.63) is 75.4 Å². The quantitative estimate of drug-likeness (QED) is 0.209. The molecule has 8 nitrogen and oxygen atoms in total. The van der Waals surface area contributed by atoms with Gasteiger partial charge in [0.2, 0.25) is 0 Å². The molecule has 0 unspecified atom stereocenters. The molecule has 2 aromatic carbocycles. The number of furan rings is 1. The maximum atomic E-state index is 13.1. The standard InChI is InChI=1S/C22H16N2O6S2/c1-28-15-6-8-17(19(11-15)29-2)23-21(25)20(32-22(23)31)12-16-7-9-18(30-16)13-4-3-5-14(10-13)24(26)27/h3-12H,1-2H3. The molecular weight excluding hydrogens is 452 g/mol. The fourth-order valence-corrected chi connectivity index (χ4v) is 4.40. The molecule has 3 aromatic rings. The van der Waals surface area contributed by atoms with Crippen LogP contribution in [0.1, 0.15) is 5.76 Å². The van der Waals surface area contributed by atoms with E-state index in [1.807, 2.05) is 0 Å². The molecule has 10 heteroatoms. The summed E-state index contributed by atoms with van der Waals surface area (Å²) in [4.78, 5) is 25.4. The first-order valence-corrected chi connectivity index (χ1v) is 10.5. The molecule has 1 amide bonds. The first kappa shape index (κ1) is 21.6. The van der Waals surface area contributed by atoms with Gasteiger partial charge in [-0.05, 0) is 24.3 Å². The number of anilines is 1. The third-order valence-electron chi connectivity index (χ3n) is 4.66. The van der Waals surface area contributed by atoms with Crippen molar-refractivity contribution in [1.29, 1.82) is 0 Å². The van der Waals surface area contributed by atoms with Gasteiger partial charge in [-0.1, -0.05) is 36.1 Å². The van der Waals surface area contributed by atoms with E-state index in [1.54, 1.807) is 55.7 Å². The number of rotatable bonds is 6.